The third-order valence-electron chi connectivity index (χ3n) is 3.65. The van der Waals surface area contributed by atoms with E-state index in [2.05, 4.69) is 0 Å². The molecule has 1 aliphatic heterocycles. The highest BCUT2D eigenvalue weighted by molar-refractivity contribution is 7.16. The largest absolute Gasteiger partial charge is 0.481 e. The van der Waals surface area contributed by atoms with Gasteiger partial charge >= 0.3 is 5.97 Å². The number of halogens is 1. The Morgan fingerprint density at radius 1 is 1.52 bits per heavy atom. The Labute approximate surface area is 132 Å². The first-order valence-corrected chi connectivity index (χ1v) is 7.97. The van der Waals surface area contributed by atoms with Crippen LogP contribution in [0.2, 0.25) is 4.34 Å². The molecule has 0 spiro atoms. The van der Waals surface area contributed by atoms with E-state index in [1.54, 1.807) is 12.0 Å². The van der Waals surface area contributed by atoms with Crippen LogP contribution >= 0.6 is 22.9 Å². The van der Waals surface area contributed by atoms with Gasteiger partial charge in [0.1, 0.15) is 0 Å². The van der Waals surface area contributed by atoms with E-state index in [0.717, 1.165) is 4.88 Å². The summed E-state index contributed by atoms with van der Waals surface area (Å²) in [6.07, 6.45) is 1.47. The number of aryl methyl sites for hydroxylation is 1. The topological polar surface area (TPSA) is 66.8 Å². The summed E-state index contributed by atoms with van der Waals surface area (Å²) < 4.78 is 5.98. The van der Waals surface area contributed by atoms with Gasteiger partial charge in [-0.2, -0.15) is 0 Å². The van der Waals surface area contributed by atoms with Crippen LogP contribution in [0.1, 0.15) is 24.1 Å². The lowest BCUT2D eigenvalue weighted by atomic mass is 10.1. The number of nitrogens with zero attached hydrogens (tertiary/aromatic N) is 1. The fourth-order valence-electron chi connectivity index (χ4n) is 2.60. The Morgan fingerprint density at radius 2 is 2.29 bits per heavy atom. The van der Waals surface area contributed by atoms with Crippen LogP contribution in [0.3, 0.4) is 0 Å². The van der Waals surface area contributed by atoms with Crippen molar-refractivity contribution in [3.63, 3.8) is 0 Å². The van der Waals surface area contributed by atoms with Gasteiger partial charge in [-0.3, -0.25) is 9.59 Å². The maximum atomic E-state index is 12.3. The van der Waals surface area contributed by atoms with Crippen LogP contribution in [0.4, 0.5) is 0 Å². The van der Waals surface area contributed by atoms with Crippen molar-refractivity contribution in [1.29, 1.82) is 0 Å². The van der Waals surface area contributed by atoms with Crippen LogP contribution in [0.15, 0.2) is 12.1 Å². The van der Waals surface area contributed by atoms with Gasteiger partial charge in [0.2, 0.25) is 5.91 Å². The number of hydrogen-bond donors (Lipinski definition) is 1. The van der Waals surface area contributed by atoms with Crippen LogP contribution < -0.4 is 0 Å². The standard InChI is InChI=1S/C14H18ClNO4S/c1-20-10-6-9(7-14(18)19)16(8-10)13(17)5-3-11-2-4-12(15)21-11/h2,4,9-10H,3,5-8H2,1H3,(H,18,19). The molecule has 7 heteroatoms. The molecule has 1 amide bonds. The average molecular weight is 332 g/mol. The van der Waals surface area contributed by atoms with Crippen LogP contribution in [-0.4, -0.2) is 47.7 Å². The normalized spacial score (nSPS) is 21.7. The summed E-state index contributed by atoms with van der Waals surface area (Å²) in [5.74, 6) is -0.912. The molecule has 0 bridgehead atoms. The molecular formula is C14H18ClNO4S. The van der Waals surface area contributed by atoms with Crippen molar-refractivity contribution in [3.05, 3.63) is 21.3 Å². The Morgan fingerprint density at radius 3 is 2.86 bits per heavy atom. The molecule has 2 heterocycles. The van der Waals surface area contributed by atoms with Gasteiger partial charge in [0, 0.05) is 31.0 Å². The minimum Gasteiger partial charge on any atom is -0.481 e. The summed E-state index contributed by atoms with van der Waals surface area (Å²) in [6.45, 7) is 0.471. The summed E-state index contributed by atoms with van der Waals surface area (Å²) in [4.78, 5) is 25.9. The highest BCUT2D eigenvalue weighted by atomic mass is 35.5. The van der Waals surface area contributed by atoms with Crippen molar-refractivity contribution in [3.8, 4) is 0 Å². The minimum atomic E-state index is -0.889. The molecule has 0 radical (unpaired) electrons. The van der Waals surface area contributed by atoms with Gasteiger partial charge in [0.05, 0.1) is 16.9 Å². The van der Waals surface area contributed by atoms with E-state index in [0.29, 0.717) is 30.1 Å². The van der Waals surface area contributed by atoms with Gasteiger partial charge in [-0.25, -0.2) is 0 Å². The molecule has 1 N–H and O–H groups in total. The van der Waals surface area contributed by atoms with Gasteiger partial charge in [-0.15, -0.1) is 11.3 Å². The summed E-state index contributed by atoms with van der Waals surface area (Å²) in [7, 11) is 1.59. The predicted molar refractivity (Wildman–Crippen MR) is 80.8 cm³/mol. The fraction of sp³-hybridized carbons (Fsp3) is 0.571. The maximum absolute atomic E-state index is 12.3. The first-order valence-electron chi connectivity index (χ1n) is 6.78. The molecule has 116 valence electrons. The van der Waals surface area contributed by atoms with Crippen LogP contribution in [0, 0.1) is 0 Å². The van der Waals surface area contributed by atoms with E-state index in [9.17, 15) is 9.59 Å². The second-order valence-corrected chi connectivity index (χ2v) is 6.90. The second kappa shape index (κ2) is 7.24. The lowest BCUT2D eigenvalue weighted by Gasteiger charge is -2.23. The van der Waals surface area contributed by atoms with E-state index >= 15 is 0 Å². The molecule has 1 saturated heterocycles. The summed E-state index contributed by atoms with van der Waals surface area (Å²) in [5, 5.41) is 8.95. The van der Waals surface area contributed by atoms with Crippen molar-refractivity contribution < 1.29 is 19.4 Å². The molecule has 5 nitrogen and oxygen atoms in total. The number of carbonyl (C=O) groups is 2. The monoisotopic (exact) mass is 331 g/mol. The van der Waals surface area contributed by atoms with Gasteiger partial charge in [0.25, 0.3) is 0 Å². The zero-order valence-electron chi connectivity index (χ0n) is 11.8. The molecule has 1 aromatic rings. The smallest absolute Gasteiger partial charge is 0.305 e. The molecule has 0 saturated carbocycles. The van der Waals surface area contributed by atoms with Crippen molar-refractivity contribution in [2.45, 2.75) is 37.8 Å². The molecule has 1 fully saturated rings. The Bertz CT molecular complexity index is 519. The van der Waals surface area contributed by atoms with Crippen molar-refractivity contribution in [2.24, 2.45) is 0 Å². The Hall–Kier alpha value is -1.11. The number of rotatable bonds is 6. The summed E-state index contributed by atoms with van der Waals surface area (Å²) >= 11 is 7.33. The molecular weight excluding hydrogens is 314 g/mol. The molecule has 2 rings (SSSR count). The predicted octanol–water partition coefficient (Wildman–Crippen LogP) is 2.42. The van der Waals surface area contributed by atoms with Gasteiger partial charge < -0.3 is 14.7 Å². The minimum absolute atomic E-state index is 0.0228. The number of carboxylic acids is 1. The maximum Gasteiger partial charge on any atom is 0.305 e. The van der Waals surface area contributed by atoms with Crippen LogP contribution in [0.25, 0.3) is 0 Å². The fourth-order valence-corrected chi connectivity index (χ4v) is 3.69. The van der Waals surface area contributed by atoms with E-state index in [1.807, 2.05) is 12.1 Å². The number of amides is 1. The summed E-state index contributed by atoms with van der Waals surface area (Å²) in [5.41, 5.74) is 0. The number of carbonyl (C=O) groups excluding carboxylic acids is 1. The first kappa shape index (κ1) is 16.3. The molecule has 21 heavy (non-hydrogen) atoms. The number of thiophene rings is 1. The quantitative estimate of drug-likeness (QED) is 0.869. The van der Waals surface area contributed by atoms with E-state index in [1.165, 1.54) is 11.3 Å². The lowest BCUT2D eigenvalue weighted by molar-refractivity contribution is -0.139. The van der Waals surface area contributed by atoms with Crippen molar-refractivity contribution in [1.82, 2.24) is 4.90 Å². The van der Waals surface area contributed by atoms with E-state index < -0.39 is 5.97 Å². The first-order chi connectivity index (χ1) is 9.99. The number of hydrogen-bond acceptors (Lipinski definition) is 4. The second-order valence-electron chi connectivity index (χ2n) is 5.10. The van der Waals surface area contributed by atoms with Crippen molar-refractivity contribution >= 4 is 34.8 Å². The number of ether oxygens (including phenoxy) is 1. The number of likely N-dealkylation sites (tertiary alicyclic amines) is 1. The Balaban J connectivity index is 1.93. The third-order valence-corrected chi connectivity index (χ3v) is 4.95. The molecule has 0 aliphatic carbocycles. The highest BCUT2D eigenvalue weighted by Crippen LogP contribution is 2.26. The van der Waals surface area contributed by atoms with Crippen molar-refractivity contribution in [2.75, 3.05) is 13.7 Å². The molecule has 2 atom stereocenters. The Kier molecular flexibility index (Phi) is 5.61. The van der Waals surface area contributed by atoms with E-state index in [-0.39, 0.29) is 24.5 Å². The molecule has 1 aliphatic rings. The zero-order valence-corrected chi connectivity index (χ0v) is 13.3. The molecule has 2 unspecified atom stereocenters. The summed E-state index contributed by atoms with van der Waals surface area (Å²) in [6, 6.07) is 3.46. The number of methoxy groups -OCH3 is 1. The van der Waals surface area contributed by atoms with Crippen LogP contribution in [-0.2, 0) is 20.7 Å². The SMILES string of the molecule is COC1CC(CC(=O)O)N(C(=O)CCc2ccc(Cl)s2)C1. The molecule has 0 aromatic carbocycles. The lowest BCUT2D eigenvalue weighted by Crippen LogP contribution is -2.37. The van der Waals surface area contributed by atoms with Gasteiger partial charge in [-0.1, -0.05) is 11.6 Å². The van der Waals surface area contributed by atoms with E-state index in [4.69, 9.17) is 21.4 Å². The average Bonchev–Trinajstić information content (AvgIpc) is 3.02. The van der Waals surface area contributed by atoms with Gasteiger partial charge in [0.15, 0.2) is 0 Å². The zero-order chi connectivity index (χ0) is 15.4. The highest BCUT2D eigenvalue weighted by Gasteiger charge is 2.36. The number of aliphatic carboxylic acids is 1. The van der Waals surface area contributed by atoms with Crippen LogP contribution in [0.5, 0.6) is 0 Å². The molecule has 1 aromatic heterocycles. The number of carboxylic acid groups (broad SMARTS) is 1. The third kappa shape index (κ3) is 4.43. The van der Waals surface area contributed by atoms with Gasteiger partial charge in [-0.05, 0) is 25.0 Å².